The number of hydrogen-bond acceptors (Lipinski definition) is 6. The van der Waals surface area contributed by atoms with Crippen LogP contribution < -0.4 is 14.5 Å². The summed E-state index contributed by atoms with van der Waals surface area (Å²) in [6, 6.07) is 20.3. The van der Waals surface area contributed by atoms with Gasteiger partial charge in [-0.05, 0) is 74.0 Å². The lowest BCUT2D eigenvalue weighted by atomic mass is 10.2. The van der Waals surface area contributed by atoms with Gasteiger partial charge in [0, 0.05) is 10.0 Å². The fourth-order valence-electron chi connectivity index (χ4n) is 3.04. The van der Waals surface area contributed by atoms with E-state index < -0.39 is 0 Å². The van der Waals surface area contributed by atoms with Crippen LogP contribution in [0.3, 0.4) is 0 Å². The number of thiazole rings is 1. The highest BCUT2D eigenvalue weighted by Crippen LogP contribution is 2.32. The zero-order valence-corrected chi connectivity index (χ0v) is 20.8. The van der Waals surface area contributed by atoms with Crippen molar-refractivity contribution in [3.63, 3.8) is 0 Å². The molecule has 3 aromatic carbocycles. The lowest BCUT2D eigenvalue weighted by Gasteiger charge is -2.15. The Hall–Kier alpha value is -3.23. The smallest absolute Gasteiger partial charge is 0.280 e. The number of aromatic nitrogens is 1. The molecule has 0 aliphatic carbocycles. The van der Waals surface area contributed by atoms with Gasteiger partial charge < -0.3 is 9.47 Å². The van der Waals surface area contributed by atoms with Crippen LogP contribution >= 0.6 is 27.3 Å². The van der Waals surface area contributed by atoms with Crippen molar-refractivity contribution in [2.45, 2.75) is 20.0 Å². The fourth-order valence-corrected chi connectivity index (χ4v) is 4.26. The number of amides is 1. The molecule has 0 radical (unpaired) electrons. The number of nitrogens with zero attached hydrogens (tertiary/aromatic N) is 3. The number of carbonyl (C=O) groups is 1. The summed E-state index contributed by atoms with van der Waals surface area (Å²) < 4.78 is 12.9. The van der Waals surface area contributed by atoms with Crippen molar-refractivity contribution >= 4 is 54.7 Å². The normalized spacial score (nSPS) is 11.3. The van der Waals surface area contributed by atoms with Crippen molar-refractivity contribution in [1.82, 2.24) is 4.98 Å². The molecule has 33 heavy (non-hydrogen) atoms. The molecule has 1 heterocycles. The second-order valence-electron chi connectivity index (χ2n) is 7.43. The van der Waals surface area contributed by atoms with E-state index in [4.69, 9.17) is 9.47 Å². The standard InChI is InChI=1S/C25H22BrN3O3S/c1-16(2)32-20-10-6-18(7-11-20)24(30)29(27-15-17-4-8-19(26)9-5-17)25-28-22-13-12-21(31-3)14-23(22)33-25/h4-16H,1-3H3/b27-15+. The first-order chi connectivity index (χ1) is 15.9. The lowest BCUT2D eigenvalue weighted by Crippen LogP contribution is -2.25. The molecule has 168 valence electrons. The van der Waals surface area contributed by atoms with E-state index in [1.54, 1.807) is 37.6 Å². The maximum absolute atomic E-state index is 13.5. The number of benzene rings is 3. The van der Waals surface area contributed by atoms with E-state index in [1.807, 2.05) is 56.3 Å². The summed E-state index contributed by atoms with van der Waals surface area (Å²) in [7, 11) is 1.62. The third-order valence-electron chi connectivity index (χ3n) is 4.62. The molecule has 1 aromatic heterocycles. The van der Waals surface area contributed by atoms with Crippen LogP contribution in [-0.4, -0.2) is 30.3 Å². The van der Waals surface area contributed by atoms with Crippen LogP contribution in [0.1, 0.15) is 29.8 Å². The first-order valence-electron chi connectivity index (χ1n) is 10.3. The van der Waals surface area contributed by atoms with Gasteiger partial charge in [0.05, 0.1) is 29.6 Å². The molecule has 0 atom stereocenters. The quantitative estimate of drug-likeness (QED) is 0.204. The minimum absolute atomic E-state index is 0.0540. The predicted octanol–water partition coefficient (Wildman–Crippen LogP) is 6.54. The Morgan fingerprint density at radius 1 is 1.06 bits per heavy atom. The average Bonchev–Trinajstić information content (AvgIpc) is 3.23. The van der Waals surface area contributed by atoms with Crippen molar-refractivity contribution in [3.05, 3.63) is 82.3 Å². The molecule has 0 spiro atoms. The molecule has 0 fully saturated rings. The van der Waals surface area contributed by atoms with Crippen LogP contribution in [0.4, 0.5) is 5.13 Å². The summed E-state index contributed by atoms with van der Waals surface area (Å²) in [5, 5.41) is 6.31. The van der Waals surface area contributed by atoms with E-state index in [0.717, 1.165) is 26.0 Å². The maximum Gasteiger partial charge on any atom is 0.280 e. The topological polar surface area (TPSA) is 64.0 Å². The van der Waals surface area contributed by atoms with Gasteiger partial charge >= 0.3 is 0 Å². The summed E-state index contributed by atoms with van der Waals surface area (Å²) in [6.07, 6.45) is 1.70. The predicted molar refractivity (Wildman–Crippen MR) is 137 cm³/mol. The number of ether oxygens (including phenoxy) is 2. The van der Waals surface area contributed by atoms with Gasteiger partial charge in [0.25, 0.3) is 5.91 Å². The monoisotopic (exact) mass is 523 g/mol. The van der Waals surface area contributed by atoms with Crippen molar-refractivity contribution in [2.75, 3.05) is 12.1 Å². The summed E-state index contributed by atoms with van der Waals surface area (Å²) in [4.78, 5) is 18.1. The number of rotatable bonds is 7. The largest absolute Gasteiger partial charge is 0.497 e. The SMILES string of the molecule is COc1ccc2nc(N(/N=C/c3ccc(Br)cc3)C(=O)c3ccc(OC(C)C)cc3)sc2c1. The van der Waals surface area contributed by atoms with Gasteiger partial charge in [0.2, 0.25) is 5.13 Å². The second-order valence-corrected chi connectivity index (χ2v) is 9.36. The van der Waals surface area contributed by atoms with Crippen LogP contribution in [0.15, 0.2) is 76.3 Å². The van der Waals surface area contributed by atoms with Gasteiger partial charge in [-0.15, -0.1) is 0 Å². The first-order valence-corrected chi connectivity index (χ1v) is 11.9. The summed E-state index contributed by atoms with van der Waals surface area (Å²) in [6.45, 7) is 3.92. The number of hydrazone groups is 1. The number of methoxy groups -OCH3 is 1. The van der Waals surface area contributed by atoms with Crippen molar-refractivity contribution in [2.24, 2.45) is 5.10 Å². The van der Waals surface area contributed by atoms with Gasteiger partial charge in [-0.2, -0.15) is 10.1 Å². The Bertz CT molecular complexity index is 1280. The number of halogens is 1. The lowest BCUT2D eigenvalue weighted by molar-refractivity contribution is 0.0988. The van der Waals surface area contributed by atoms with E-state index in [-0.39, 0.29) is 12.0 Å². The Balaban J connectivity index is 1.70. The highest BCUT2D eigenvalue weighted by atomic mass is 79.9. The highest BCUT2D eigenvalue weighted by molar-refractivity contribution is 9.10. The fraction of sp³-hybridized carbons (Fsp3) is 0.160. The van der Waals surface area contributed by atoms with E-state index >= 15 is 0 Å². The molecule has 0 bridgehead atoms. The Kier molecular flexibility index (Phi) is 7.05. The molecule has 0 aliphatic rings. The number of carbonyl (C=O) groups excluding carboxylic acids is 1. The molecule has 4 rings (SSSR count). The molecule has 4 aromatic rings. The van der Waals surface area contributed by atoms with Gasteiger partial charge in [0.15, 0.2) is 0 Å². The van der Waals surface area contributed by atoms with Crippen LogP contribution in [0.5, 0.6) is 11.5 Å². The van der Waals surface area contributed by atoms with E-state index in [0.29, 0.717) is 16.4 Å². The zero-order valence-electron chi connectivity index (χ0n) is 18.4. The molecule has 0 saturated heterocycles. The van der Waals surface area contributed by atoms with Crippen molar-refractivity contribution < 1.29 is 14.3 Å². The highest BCUT2D eigenvalue weighted by Gasteiger charge is 2.21. The summed E-state index contributed by atoms with van der Waals surface area (Å²) in [5.74, 6) is 1.15. The third kappa shape index (κ3) is 5.58. The molecule has 8 heteroatoms. The van der Waals surface area contributed by atoms with Crippen molar-refractivity contribution in [1.29, 1.82) is 0 Å². The maximum atomic E-state index is 13.5. The van der Waals surface area contributed by atoms with Gasteiger partial charge in [-0.25, -0.2) is 4.98 Å². The number of anilines is 1. The summed E-state index contributed by atoms with van der Waals surface area (Å²) in [5.41, 5.74) is 2.11. The first kappa shape index (κ1) is 22.9. The zero-order chi connectivity index (χ0) is 23.4. The second kappa shape index (κ2) is 10.1. The van der Waals surface area contributed by atoms with Crippen LogP contribution in [0.25, 0.3) is 10.2 Å². The van der Waals surface area contributed by atoms with E-state index in [2.05, 4.69) is 26.0 Å². The van der Waals surface area contributed by atoms with Crippen LogP contribution in [0, 0.1) is 0 Å². The number of hydrogen-bond donors (Lipinski definition) is 0. The number of fused-ring (bicyclic) bond motifs is 1. The molecule has 0 saturated carbocycles. The van der Waals surface area contributed by atoms with Crippen LogP contribution in [0.2, 0.25) is 0 Å². The molecule has 0 N–H and O–H groups in total. The van der Waals surface area contributed by atoms with Gasteiger partial charge in [0.1, 0.15) is 11.5 Å². The summed E-state index contributed by atoms with van der Waals surface area (Å²) >= 11 is 4.81. The molecular weight excluding hydrogens is 502 g/mol. The minimum Gasteiger partial charge on any atom is -0.497 e. The minimum atomic E-state index is -0.287. The van der Waals surface area contributed by atoms with E-state index in [9.17, 15) is 4.79 Å². The average molecular weight is 524 g/mol. The molecule has 6 nitrogen and oxygen atoms in total. The van der Waals surface area contributed by atoms with Gasteiger partial charge in [-0.1, -0.05) is 39.4 Å². The van der Waals surface area contributed by atoms with Gasteiger partial charge in [-0.3, -0.25) is 4.79 Å². The molecule has 0 aliphatic heterocycles. The Morgan fingerprint density at radius 3 is 2.42 bits per heavy atom. The Labute approximate surface area is 204 Å². The van der Waals surface area contributed by atoms with E-state index in [1.165, 1.54) is 16.3 Å². The molecular formula is C25H22BrN3O3S. The van der Waals surface area contributed by atoms with Crippen LogP contribution in [-0.2, 0) is 0 Å². The third-order valence-corrected chi connectivity index (χ3v) is 6.15. The Morgan fingerprint density at radius 2 is 1.76 bits per heavy atom. The molecule has 1 amide bonds. The van der Waals surface area contributed by atoms with Crippen molar-refractivity contribution in [3.8, 4) is 11.5 Å². The molecule has 0 unspecified atom stereocenters.